The fourth-order valence-electron chi connectivity index (χ4n) is 1.66. The number of halogens is 2. The van der Waals surface area contributed by atoms with Crippen LogP contribution in [-0.4, -0.2) is 13.1 Å². The van der Waals surface area contributed by atoms with E-state index in [1.807, 2.05) is 24.3 Å². The third-order valence-corrected chi connectivity index (χ3v) is 3.84. The van der Waals surface area contributed by atoms with Gasteiger partial charge in [0.15, 0.2) is 0 Å². The predicted molar refractivity (Wildman–Crippen MR) is 75.9 cm³/mol. The van der Waals surface area contributed by atoms with Crippen LogP contribution in [0, 0.1) is 0 Å². The van der Waals surface area contributed by atoms with Crippen LogP contribution in [0.5, 0.6) is 0 Å². The van der Waals surface area contributed by atoms with Gasteiger partial charge in [0, 0.05) is 10.0 Å². The maximum absolute atomic E-state index is 11.5. The molecule has 4 heteroatoms. The lowest BCUT2D eigenvalue weighted by molar-refractivity contribution is 0.0601. The molecular weight excluding hydrogens is 316 g/mol. The average molecular weight is 326 g/mol. The van der Waals surface area contributed by atoms with Gasteiger partial charge in [0.1, 0.15) is 0 Å². The minimum Gasteiger partial charge on any atom is -0.465 e. The van der Waals surface area contributed by atoms with Crippen LogP contribution in [0.25, 0.3) is 11.1 Å². The molecule has 18 heavy (non-hydrogen) atoms. The molecule has 2 nitrogen and oxygen atoms in total. The van der Waals surface area contributed by atoms with E-state index in [2.05, 4.69) is 15.9 Å². The molecule has 0 spiro atoms. The monoisotopic (exact) mass is 324 g/mol. The van der Waals surface area contributed by atoms with E-state index in [1.165, 1.54) is 7.11 Å². The van der Waals surface area contributed by atoms with Crippen LogP contribution in [0.15, 0.2) is 46.9 Å². The highest BCUT2D eigenvalue weighted by Crippen LogP contribution is 2.33. The van der Waals surface area contributed by atoms with Crippen molar-refractivity contribution in [3.8, 4) is 11.1 Å². The summed E-state index contributed by atoms with van der Waals surface area (Å²) in [5.74, 6) is -0.358. The molecule has 0 saturated heterocycles. The molecule has 0 aromatic heterocycles. The second-order valence-corrected chi connectivity index (χ2v) is 4.91. The first-order chi connectivity index (χ1) is 8.63. The van der Waals surface area contributed by atoms with Gasteiger partial charge in [-0.05, 0) is 39.7 Å². The van der Waals surface area contributed by atoms with E-state index >= 15 is 0 Å². The molecule has 2 rings (SSSR count). The summed E-state index contributed by atoms with van der Waals surface area (Å²) >= 11 is 9.61. The van der Waals surface area contributed by atoms with Gasteiger partial charge in [0.2, 0.25) is 0 Å². The zero-order valence-corrected chi connectivity index (χ0v) is 12.0. The van der Waals surface area contributed by atoms with E-state index in [9.17, 15) is 4.79 Å². The Balaban J connectivity index is 2.51. The Morgan fingerprint density at radius 2 is 1.94 bits per heavy atom. The Kier molecular flexibility index (Phi) is 4.04. The third-order valence-electron chi connectivity index (χ3n) is 2.55. The molecular formula is C14H10BrClO2. The number of rotatable bonds is 2. The zero-order valence-electron chi connectivity index (χ0n) is 9.61. The van der Waals surface area contributed by atoms with E-state index in [0.717, 1.165) is 15.6 Å². The summed E-state index contributed by atoms with van der Waals surface area (Å²) in [6, 6.07) is 12.9. The quantitative estimate of drug-likeness (QED) is 0.757. The minimum absolute atomic E-state index is 0.358. The van der Waals surface area contributed by atoms with Crippen LogP contribution < -0.4 is 0 Å². The van der Waals surface area contributed by atoms with Crippen LogP contribution in [0.4, 0.5) is 0 Å². The second kappa shape index (κ2) is 5.55. The molecule has 2 aromatic carbocycles. The summed E-state index contributed by atoms with van der Waals surface area (Å²) in [5.41, 5.74) is 2.26. The summed E-state index contributed by atoms with van der Waals surface area (Å²) in [6.07, 6.45) is 0. The van der Waals surface area contributed by atoms with Crippen molar-refractivity contribution in [2.24, 2.45) is 0 Å². The minimum atomic E-state index is -0.358. The molecule has 92 valence electrons. The molecule has 0 atom stereocenters. The molecule has 0 heterocycles. The highest BCUT2D eigenvalue weighted by Gasteiger charge is 2.10. The third kappa shape index (κ3) is 2.57. The maximum Gasteiger partial charge on any atom is 0.337 e. The Labute approximate surface area is 119 Å². The lowest BCUT2D eigenvalue weighted by atomic mass is 10.0. The van der Waals surface area contributed by atoms with Gasteiger partial charge >= 0.3 is 5.97 Å². The van der Waals surface area contributed by atoms with Gasteiger partial charge in [-0.3, -0.25) is 0 Å². The molecule has 2 aromatic rings. The van der Waals surface area contributed by atoms with Crippen molar-refractivity contribution in [1.82, 2.24) is 0 Å². The summed E-state index contributed by atoms with van der Waals surface area (Å²) in [6.45, 7) is 0. The first-order valence-corrected chi connectivity index (χ1v) is 6.43. The average Bonchev–Trinajstić information content (AvgIpc) is 2.41. The van der Waals surface area contributed by atoms with E-state index < -0.39 is 0 Å². The summed E-state index contributed by atoms with van der Waals surface area (Å²) < 4.78 is 5.52. The molecule has 0 bridgehead atoms. The number of benzene rings is 2. The maximum atomic E-state index is 11.5. The Hall–Kier alpha value is -1.32. The van der Waals surface area contributed by atoms with Gasteiger partial charge in [0.25, 0.3) is 0 Å². The van der Waals surface area contributed by atoms with Gasteiger partial charge < -0.3 is 4.74 Å². The second-order valence-electron chi connectivity index (χ2n) is 3.67. The normalized spacial score (nSPS) is 10.2. The van der Waals surface area contributed by atoms with E-state index in [4.69, 9.17) is 16.3 Å². The van der Waals surface area contributed by atoms with E-state index in [1.54, 1.807) is 18.2 Å². The first-order valence-electron chi connectivity index (χ1n) is 5.26. The van der Waals surface area contributed by atoms with Crippen molar-refractivity contribution < 1.29 is 9.53 Å². The zero-order chi connectivity index (χ0) is 13.1. The van der Waals surface area contributed by atoms with Crippen molar-refractivity contribution in [2.75, 3.05) is 7.11 Å². The number of carbonyl (C=O) groups excluding carboxylic acids is 1. The Morgan fingerprint density at radius 3 is 2.67 bits per heavy atom. The highest BCUT2D eigenvalue weighted by atomic mass is 79.9. The predicted octanol–water partition coefficient (Wildman–Crippen LogP) is 4.56. The summed E-state index contributed by atoms with van der Waals surface area (Å²) in [5, 5.41) is 0.625. The topological polar surface area (TPSA) is 26.3 Å². The standard InChI is InChI=1S/C14H10BrClO2/c1-18-14(17)10-5-2-4-9(8-10)11-6-3-7-12(15)13(11)16/h2-8H,1H3. The highest BCUT2D eigenvalue weighted by molar-refractivity contribution is 9.10. The molecule has 0 aliphatic heterocycles. The number of carbonyl (C=O) groups is 1. The van der Waals surface area contributed by atoms with Crippen molar-refractivity contribution in [2.45, 2.75) is 0 Å². The fraction of sp³-hybridized carbons (Fsp3) is 0.0714. The van der Waals surface area contributed by atoms with Crippen LogP contribution >= 0.6 is 27.5 Å². The SMILES string of the molecule is COC(=O)c1cccc(-c2cccc(Br)c2Cl)c1. The van der Waals surface area contributed by atoms with Crippen LogP contribution in [0.1, 0.15) is 10.4 Å². The van der Waals surface area contributed by atoms with Gasteiger partial charge in [-0.15, -0.1) is 0 Å². The molecule has 0 unspecified atom stereocenters. The number of methoxy groups -OCH3 is 1. The Morgan fingerprint density at radius 1 is 1.22 bits per heavy atom. The van der Waals surface area contributed by atoms with Gasteiger partial charge in [-0.2, -0.15) is 0 Å². The van der Waals surface area contributed by atoms with Crippen molar-refractivity contribution in [3.05, 3.63) is 57.5 Å². The lowest BCUT2D eigenvalue weighted by Crippen LogP contribution is -2.00. The lowest BCUT2D eigenvalue weighted by Gasteiger charge is -2.07. The number of hydrogen-bond acceptors (Lipinski definition) is 2. The van der Waals surface area contributed by atoms with Crippen LogP contribution in [0.2, 0.25) is 5.02 Å². The van der Waals surface area contributed by atoms with Crippen molar-refractivity contribution in [1.29, 1.82) is 0 Å². The first kappa shape index (κ1) is 13.1. The Bertz CT molecular complexity index is 596. The van der Waals surface area contributed by atoms with Gasteiger partial charge in [-0.25, -0.2) is 4.79 Å². The molecule has 0 radical (unpaired) electrons. The molecule has 0 aliphatic rings. The number of ether oxygens (including phenoxy) is 1. The van der Waals surface area contributed by atoms with E-state index in [0.29, 0.717) is 10.6 Å². The fourth-order valence-corrected chi connectivity index (χ4v) is 2.26. The summed E-state index contributed by atoms with van der Waals surface area (Å²) in [7, 11) is 1.36. The molecule has 0 saturated carbocycles. The van der Waals surface area contributed by atoms with Crippen LogP contribution in [0.3, 0.4) is 0 Å². The number of hydrogen-bond donors (Lipinski definition) is 0. The summed E-state index contributed by atoms with van der Waals surface area (Å²) in [4.78, 5) is 11.5. The van der Waals surface area contributed by atoms with Crippen LogP contribution in [-0.2, 0) is 4.74 Å². The van der Waals surface area contributed by atoms with Crippen molar-refractivity contribution in [3.63, 3.8) is 0 Å². The largest absolute Gasteiger partial charge is 0.465 e. The van der Waals surface area contributed by atoms with Crippen molar-refractivity contribution >= 4 is 33.5 Å². The molecule has 0 amide bonds. The number of esters is 1. The molecule has 0 fully saturated rings. The van der Waals surface area contributed by atoms with Gasteiger partial charge in [-0.1, -0.05) is 35.9 Å². The van der Waals surface area contributed by atoms with E-state index in [-0.39, 0.29) is 5.97 Å². The molecule has 0 N–H and O–H groups in total. The van der Waals surface area contributed by atoms with Gasteiger partial charge in [0.05, 0.1) is 17.7 Å². The molecule has 0 aliphatic carbocycles. The smallest absolute Gasteiger partial charge is 0.337 e.